The van der Waals surface area contributed by atoms with E-state index in [0.717, 1.165) is 6.07 Å². The predicted molar refractivity (Wildman–Crippen MR) is 56.4 cm³/mol. The molecule has 0 unspecified atom stereocenters. The van der Waals surface area contributed by atoms with Crippen LogP contribution in [0.3, 0.4) is 0 Å². The Kier molecular flexibility index (Phi) is 4.59. The van der Waals surface area contributed by atoms with E-state index in [1.165, 1.54) is 24.3 Å². The fourth-order valence-corrected chi connectivity index (χ4v) is 1.02. The summed E-state index contributed by atoms with van der Waals surface area (Å²) in [5.41, 5.74) is 0. The van der Waals surface area contributed by atoms with Gasteiger partial charge in [-0.15, -0.1) is 0 Å². The summed E-state index contributed by atoms with van der Waals surface area (Å²) in [5, 5.41) is 0. The lowest BCUT2D eigenvalue weighted by atomic mass is 10.3. The number of carbonyl (C=O) groups is 1. The maximum Gasteiger partial charge on any atom is 0.315 e. The third-order valence-electron chi connectivity index (χ3n) is 1.45. The smallest absolute Gasteiger partial charge is 0.315 e. The first-order chi connectivity index (χ1) is 7.08. The lowest BCUT2D eigenvalue weighted by molar-refractivity contribution is -0.133. The van der Waals surface area contributed by atoms with Crippen molar-refractivity contribution < 1.29 is 13.9 Å². The lowest BCUT2D eigenvalue weighted by Crippen LogP contribution is -2.06. The first-order valence-electron chi connectivity index (χ1n) is 4.05. The van der Waals surface area contributed by atoms with Gasteiger partial charge in [0.05, 0.1) is 6.42 Å². The molecule has 0 aliphatic carbocycles. The van der Waals surface area contributed by atoms with Crippen LogP contribution in [0.25, 0.3) is 0 Å². The highest BCUT2D eigenvalue weighted by Gasteiger charge is 2.03. The van der Waals surface area contributed by atoms with Crippen LogP contribution in [-0.2, 0) is 4.79 Å². The quantitative estimate of drug-likeness (QED) is 0.605. The molecule has 0 N–H and O–H groups in total. The Bertz CT molecular complexity index is 387. The van der Waals surface area contributed by atoms with E-state index in [-0.39, 0.29) is 16.7 Å². The van der Waals surface area contributed by atoms with Gasteiger partial charge >= 0.3 is 5.97 Å². The first-order valence-corrected chi connectivity index (χ1v) is 4.81. The molecule has 1 rings (SSSR count). The van der Waals surface area contributed by atoms with Crippen molar-refractivity contribution in [2.75, 3.05) is 0 Å². The molecule has 0 radical (unpaired) electrons. The van der Waals surface area contributed by atoms with E-state index in [0.29, 0.717) is 0 Å². The predicted octanol–water partition coefficient (Wildman–Crippen LogP) is 3.44. The van der Waals surface area contributed by atoms with Crippen LogP contribution in [0, 0.1) is 5.82 Å². The number of benzene rings is 1. The minimum absolute atomic E-state index is 0.00816. The van der Waals surface area contributed by atoms with E-state index in [2.05, 4.69) is 0 Å². The van der Waals surface area contributed by atoms with Gasteiger partial charge in [-0.05, 0) is 18.2 Å². The molecular formula is C10H7Cl2FO2. The van der Waals surface area contributed by atoms with Crippen molar-refractivity contribution in [2.45, 2.75) is 6.42 Å². The van der Waals surface area contributed by atoms with Crippen LogP contribution in [0.15, 0.2) is 34.8 Å². The summed E-state index contributed by atoms with van der Waals surface area (Å²) >= 11 is 10.6. The Balaban J connectivity index is 2.55. The van der Waals surface area contributed by atoms with Crippen molar-refractivity contribution in [3.05, 3.63) is 40.7 Å². The van der Waals surface area contributed by atoms with Crippen molar-refractivity contribution in [3.63, 3.8) is 0 Å². The molecule has 15 heavy (non-hydrogen) atoms. The fourth-order valence-electron chi connectivity index (χ4n) is 0.864. The molecular weight excluding hydrogens is 242 g/mol. The molecule has 0 saturated carbocycles. The summed E-state index contributed by atoms with van der Waals surface area (Å²) in [6, 6.07) is 5.30. The van der Waals surface area contributed by atoms with Crippen LogP contribution in [-0.4, -0.2) is 5.97 Å². The van der Waals surface area contributed by atoms with Gasteiger partial charge in [-0.25, -0.2) is 4.39 Å². The minimum Gasteiger partial charge on any atom is -0.426 e. The minimum atomic E-state index is -0.556. The largest absolute Gasteiger partial charge is 0.426 e. The first kappa shape index (κ1) is 12.0. The zero-order chi connectivity index (χ0) is 11.3. The molecule has 0 bridgehead atoms. The lowest BCUT2D eigenvalue weighted by Gasteiger charge is -2.01. The Morgan fingerprint density at radius 2 is 2.20 bits per heavy atom. The highest BCUT2D eigenvalue weighted by atomic mass is 35.5. The van der Waals surface area contributed by atoms with Gasteiger partial charge in [0.15, 0.2) is 0 Å². The molecule has 1 aromatic carbocycles. The van der Waals surface area contributed by atoms with Gasteiger partial charge in [0.25, 0.3) is 0 Å². The molecule has 0 atom stereocenters. The molecule has 0 aliphatic rings. The van der Waals surface area contributed by atoms with Gasteiger partial charge in [0.1, 0.15) is 16.1 Å². The SMILES string of the molecule is O=C(CC=C(Cl)Cl)Oc1cccc(F)c1. The molecule has 0 saturated heterocycles. The number of hydrogen-bond acceptors (Lipinski definition) is 2. The molecule has 0 aromatic heterocycles. The van der Waals surface area contributed by atoms with E-state index >= 15 is 0 Å². The van der Waals surface area contributed by atoms with Crippen molar-refractivity contribution in [2.24, 2.45) is 0 Å². The third-order valence-corrected chi connectivity index (χ3v) is 1.76. The van der Waals surface area contributed by atoms with E-state index in [1.807, 2.05) is 0 Å². The number of hydrogen-bond donors (Lipinski definition) is 0. The van der Waals surface area contributed by atoms with Crippen LogP contribution >= 0.6 is 23.2 Å². The average molecular weight is 249 g/mol. The van der Waals surface area contributed by atoms with Gasteiger partial charge in [-0.3, -0.25) is 4.79 Å². The topological polar surface area (TPSA) is 26.3 Å². The van der Waals surface area contributed by atoms with E-state index in [4.69, 9.17) is 27.9 Å². The maximum absolute atomic E-state index is 12.7. The maximum atomic E-state index is 12.7. The summed E-state index contributed by atoms with van der Waals surface area (Å²) < 4.78 is 17.5. The Morgan fingerprint density at radius 3 is 2.80 bits per heavy atom. The standard InChI is InChI=1S/C10H7Cl2FO2/c11-9(12)4-5-10(14)15-8-3-1-2-7(13)6-8/h1-4,6H,5H2. The number of rotatable bonds is 3. The monoisotopic (exact) mass is 248 g/mol. The second-order valence-corrected chi connectivity index (χ2v) is 3.64. The van der Waals surface area contributed by atoms with Crippen LogP contribution < -0.4 is 4.74 Å². The van der Waals surface area contributed by atoms with Crippen molar-refractivity contribution >= 4 is 29.2 Å². The zero-order valence-corrected chi connectivity index (χ0v) is 9.06. The molecule has 2 nitrogen and oxygen atoms in total. The molecule has 1 aromatic rings. The molecule has 0 heterocycles. The van der Waals surface area contributed by atoms with Crippen LogP contribution in [0.4, 0.5) is 4.39 Å². The normalized spacial score (nSPS) is 9.53. The average Bonchev–Trinajstić information content (AvgIpc) is 2.15. The zero-order valence-electron chi connectivity index (χ0n) is 7.54. The van der Waals surface area contributed by atoms with Crippen molar-refractivity contribution in [3.8, 4) is 5.75 Å². The summed E-state index contributed by atoms with van der Waals surface area (Å²) in [7, 11) is 0. The fraction of sp³-hybridized carbons (Fsp3) is 0.100. The Labute approximate surface area is 96.2 Å². The van der Waals surface area contributed by atoms with Gasteiger partial charge in [0, 0.05) is 6.07 Å². The van der Waals surface area contributed by atoms with Gasteiger partial charge in [0.2, 0.25) is 0 Å². The summed E-state index contributed by atoms with van der Waals surface area (Å²) in [4.78, 5) is 11.1. The number of ether oxygens (including phenoxy) is 1. The number of carbonyl (C=O) groups excluding carboxylic acids is 1. The second-order valence-electron chi connectivity index (χ2n) is 2.63. The van der Waals surface area contributed by atoms with Crippen LogP contribution in [0.1, 0.15) is 6.42 Å². The van der Waals surface area contributed by atoms with Gasteiger partial charge in [-0.2, -0.15) is 0 Å². The Morgan fingerprint density at radius 1 is 1.47 bits per heavy atom. The Hall–Kier alpha value is -1.06. The van der Waals surface area contributed by atoms with E-state index < -0.39 is 11.8 Å². The van der Waals surface area contributed by atoms with Crippen molar-refractivity contribution in [1.82, 2.24) is 0 Å². The molecule has 0 amide bonds. The molecule has 0 aliphatic heterocycles. The van der Waals surface area contributed by atoms with E-state index in [9.17, 15) is 9.18 Å². The van der Waals surface area contributed by atoms with Crippen LogP contribution in [0.2, 0.25) is 0 Å². The number of halogens is 3. The summed E-state index contributed by atoms with van der Waals surface area (Å²) in [6.45, 7) is 0. The summed E-state index contributed by atoms with van der Waals surface area (Å²) in [6.07, 6.45) is 1.24. The third kappa shape index (κ3) is 4.81. The highest BCUT2D eigenvalue weighted by Crippen LogP contribution is 2.13. The second kappa shape index (κ2) is 5.73. The highest BCUT2D eigenvalue weighted by molar-refractivity contribution is 6.55. The molecule has 80 valence electrons. The van der Waals surface area contributed by atoms with Gasteiger partial charge in [-0.1, -0.05) is 29.3 Å². The molecule has 5 heteroatoms. The van der Waals surface area contributed by atoms with E-state index in [1.54, 1.807) is 0 Å². The van der Waals surface area contributed by atoms with Gasteiger partial charge < -0.3 is 4.74 Å². The number of esters is 1. The molecule has 0 fully saturated rings. The van der Waals surface area contributed by atoms with Crippen LogP contribution in [0.5, 0.6) is 5.75 Å². The van der Waals surface area contributed by atoms with Crippen molar-refractivity contribution in [1.29, 1.82) is 0 Å². The summed E-state index contributed by atoms with van der Waals surface area (Å²) in [5.74, 6) is -0.871. The molecule has 0 spiro atoms.